The first-order valence-corrected chi connectivity index (χ1v) is 8.23. The molecule has 1 aromatic carbocycles. The van der Waals surface area contributed by atoms with Crippen molar-refractivity contribution in [3.63, 3.8) is 0 Å². The van der Waals surface area contributed by atoms with Gasteiger partial charge in [0.2, 0.25) is 0 Å². The molecule has 24 heavy (non-hydrogen) atoms. The second-order valence-corrected chi connectivity index (χ2v) is 5.98. The van der Waals surface area contributed by atoms with E-state index in [1.165, 1.54) is 0 Å². The van der Waals surface area contributed by atoms with Crippen molar-refractivity contribution in [2.24, 2.45) is 0 Å². The monoisotopic (exact) mass is 334 g/mol. The first-order chi connectivity index (χ1) is 11.6. The number of carbonyl (C=O) groups excluding carboxylic acids is 2. The molecule has 0 unspecified atom stereocenters. The van der Waals surface area contributed by atoms with E-state index in [0.717, 1.165) is 31.7 Å². The zero-order valence-electron chi connectivity index (χ0n) is 14.4. The van der Waals surface area contributed by atoms with E-state index in [-0.39, 0.29) is 0 Å². The highest BCUT2D eigenvalue weighted by molar-refractivity contribution is 6.39. The van der Waals surface area contributed by atoms with E-state index in [4.69, 9.17) is 4.74 Å². The third-order valence-electron chi connectivity index (χ3n) is 3.78. The lowest BCUT2D eigenvalue weighted by molar-refractivity contribution is -0.136. The van der Waals surface area contributed by atoms with Crippen molar-refractivity contribution in [2.75, 3.05) is 63.7 Å². The van der Waals surface area contributed by atoms with Crippen molar-refractivity contribution >= 4 is 23.2 Å². The van der Waals surface area contributed by atoms with Gasteiger partial charge < -0.3 is 25.2 Å². The summed E-state index contributed by atoms with van der Waals surface area (Å²) in [5, 5.41) is 5.36. The van der Waals surface area contributed by atoms with Crippen LogP contribution in [0.2, 0.25) is 0 Å². The third-order valence-corrected chi connectivity index (χ3v) is 3.78. The van der Waals surface area contributed by atoms with Gasteiger partial charge in [-0.1, -0.05) is 12.1 Å². The zero-order valence-corrected chi connectivity index (χ0v) is 14.4. The van der Waals surface area contributed by atoms with Crippen LogP contribution in [0.15, 0.2) is 24.3 Å². The van der Waals surface area contributed by atoms with Gasteiger partial charge in [0.15, 0.2) is 0 Å². The van der Waals surface area contributed by atoms with Crippen molar-refractivity contribution in [1.29, 1.82) is 0 Å². The van der Waals surface area contributed by atoms with E-state index in [9.17, 15) is 9.59 Å². The molecule has 0 bridgehead atoms. The minimum atomic E-state index is -0.638. The molecule has 7 nitrogen and oxygen atoms in total. The van der Waals surface area contributed by atoms with Gasteiger partial charge in [-0.3, -0.25) is 9.59 Å². The number of amides is 2. The molecule has 1 heterocycles. The van der Waals surface area contributed by atoms with Crippen molar-refractivity contribution in [3.8, 4) is 0 Å². The topological polar surface area (TPSA) is 73.9 Å². The van der Waals surface area contributed by atoms with Crippen LogP contribution in [0.3, 0.4) is 0 Å². The minimum absolute atomic E-state index is 0.482. The Morgan fingerprint density at radius 2 is 1.88 bits per heavy atom. The summed E-state index contributed by atoms with van der Waals surface area (Å²) in [5.74, 6) is -1.24. The first kappa shape index (κ1) is 18.2. The van der Waals surface area contributed by atoms with Crippen LogP contribution in [0.1, 0.15) is 6.42 Å². The molecule has 0 atom stereocenters. The van der Waals surface area contributed by atoms with E-state index in [0.29, 0.717) is 25.4 Å². The van der Waals surface area contributed by atoms with E-state index in [2.05, 4.69) is 15.5 Å². The molecular formula is C17H26N4O3. The van der Waals surface area contributed by atoms with Crippen LogP contribution in [0, 0.1) is 0 Å². The van der Waals surface area contributed by atoms with Crippen LogP contribution < -0.4 is 15.5 Å². The van der Waals surface area contributed by atoms with Crippen molar-refractivity contribution in [3.05, 3.63) is 24.3 Å². The number of ether oxygens (including phenoxy) is 1. The number of benzene rings is 1. The number of morpholine rings is 1. The van der Waals surface area contributed by atoms with Gasteiger partial charge >= 0.3 is 11.8 Å². The summed E-state index contributed by atoms with van der Waals surface area (Å²) in [6.07, 6.45) is 0.802. The number of anilines is 2. The molecule has 1 fully saturated rings. The molecular weight excluding hydrogens is 308 g/mol. The molecule has 0 aliphatic carbocycles. The van der Waals surface area contributed by atoms with Crippen LogP contribution in [-0.4, -0.2) is 70.2 Å². The largest absolute Gasteiger partial charge is 0.378 e. The second kappa shape index (κ2) is 9.24. The number of rotatable bonds is 6. The van der Waals surface area contributed by atoms with Crippen molar-refractivity contribution < 1.29 is 14.3 Å². The summed E-state index contributed by atoms with van der Waals surface area (Å²) < 4.78 is 5.36. The van der Waals surface area contributed by atoms with E-state index in [1.54, 1.807) is 0 Å². The molecule has 1 saturated heterocycles. The smallest absolute Gasteiger partial charge is 0.313 e. The molecule has 0 radical (unpaired) electrons. The SMILES string of the molecule is CN(C)CCCNC(=O)C(=O)Nc1ccccc1N1CCOCC1. The predicted octanol–water partition coefficient (Wildman–Crippen LogP) is 0.530. The molecule has 2 amide bonds. The number of carbonyl (C=O) groups is 2. The first-order valence-electron chi connectivity index (χ1n) is 8.23. The Kier molecular flexibility index (Phi) is 7.02. The fraction of sp³-hybridized carbons (Fsp3) is 0.529. The fourth-order valence-electron chi connectivity index (χ4n) is 2.52. The minimum Gasteiger partial charge on any atom is -0.378 e. The highest BCUT2D eigenvalue weighted by atomic mass is 16.5. The summed E-state index contributed by atoms with van der Waals surface area (Å²) in [5.41, 5.74) is 1.56. The maximum absolute atomic E-state index is 12.1. The molecule has 0 saturated carbocycles. The maximum Gasteiger partial charge on any atom is 0.313 e. The van der Waals surface area contributed by atoms with Gasteiger partial charge in [-0.05, 0) is 39.2 Å². The van der Waals surface area contributed by atoms with Crippen molar-refractivity contribution in [2.45, 2.75) is 6.42 Å². The van der Waals surface area contributed by atoms with Crippen molar-refractivity contribution in [1.82, 2.24) is 10.2 Å². The van der Waals surface area contributed by atoms with Crippen LogP contribution in [0.4, 0.5) is 11.4 Å². The normalized spacial score (nSPS) is 14.5. The molecule has 2 N–H and O–H groups in total. The highest BCUT2D eigenvalue weighted by Gasteiger charge is 2.18. The number of hydrogen-bond donors (Lipinski definition) is 2. The predicted molar refractivity (Wildman–Crippen MR) is 94.3 cm³/mol. The van der Waals surface area contributed by atoms with Gasteiger partial charge in [0.05, 0.1) is 24.6 Å². The molecule has 0 aromatic heterocycles. The number of para-hydroxylation sites is 2. The van der Waals surface area contributed by atoms with Crippen LogP contribution in [0.25, 0.3) is 0 Å². The van der Waals surface area contributed by atoms with Crippen LogP contribution in [-0.2, 0) is 14.3 Å². The summed E-state index contributed by atoms with van der Waals surface area (Å²) in [6, 6.07) is 7.51. The van der Waals surface area contributed by atoms with E-state index in [1.807, 2.05) is 43.3 Å². The summed E-state index contributed by atoms with van der Waals surface area (Å²) in [4.78, 5) is 28.2. The quantitative estimate of drug-likeness (QED) is 0.586. The number of nitrogens with one attached hydrogen (secondary N) is 2. The Balaban J connectivity index is 1.90. The van der Waals surface area contributed by atoms with Gasteiger partial charge in [-0.15, -0.1) is 0 Å². The highest BCUT2D eigenvalue weighted by Crippen LogP contribution is 2.26. The molecule has 2 rings (SSSR count). The molecule has 1 aliphatic rings. The second-order valence-electron chi connectivity index (χ2n) is 5.98. The Hall–Kier alpha value is -2.12. The third kappa shape index (κ3) is 5.50. The average Bonchev–Trinajstić information content (AvgIpc) is 2.59. The Morgan fingerprint density at radius 3 is 2.58 bits per heavy atom. The lowest BCUT2D eigenvalue weighted by Gasteiger charge is -2.30. The fourth-order valence-corrected chi connectivity index (χ4v) is 2.52. The maximum atomic E-state index is 12.1. The van der Waals surface area contributed by atoms with E-state index >= 15 is 0 Å². The van der Waals surface area contributed by atoms with Gasteiger partial charge in [0.1, 0.15) is 0 Å². The average molecular weight is 334 g/mol. The molecule has 1 aliphatic heterocycles. The summed E-state index contributed by atoms with van der Waals surface area (Å²) in [6.45, 7) is 4.20. The molecule has 0 spiro atoms. The van der Waals surface area contributed by atoms with Gasteiger partial charge in [-0.25, -0.2) is 0 Å². The zero-order chi connectivity index (χ0) is 17.4. The molecule has 1 aromatic rings. The van der Waals surface area contributed by atoms with E-state index < -0.39 is 11.8 Å². The van der Waals surface area contributed by atoms with Gasteiger partial charge in [-0.2, -0.15) is 0 Å². The Morgan fingerprint density at radius 1 is 1.17 bits per heavy atom. The molecule has 132 valence electrons. The van der Waals surface area contributed by atoms with Gasteiger partial charge in [0, 0.05) is 19.6 Å². The van der Waals surface area contributed by atoms with Crippen LogP contribution in [0.5, 0.6) is 0 Å². The lowest BCUT2D eigenvalue weighted by Crippen LogP contribution is -2.38. The number of nitrogens with zero attached hydrogens (tertiary/aromatic N) is 2. The number of hydrogen-bond acceptors (Lipinski definition) is 5. The summed E-state index contributed by atoms with van der Waals surface area (Å²) in [7, 11) is 3.94. The Labute approximate surface area is 142 Å². The lowest BCUT2D eigenvalue weighted by atomic mass is 10.2. The van der Waals surface area contributed by atoms with Crippen LogP contribution >= 0.6 is 0 Å². The molecule has 7 heteroatoms. The summed E-state index contributed by atoms with van der Waals surface area (Å²) >= 11 is 0. The standard InChI is InChI=1S/C17H26N4O3/c1-20(2)9-5-8-18-16(22)17(23)19-14-6-3-4-7-15(14)21-10-12-24-13-11-21/h3-4,6-7H,5,8-13H2,1-2H3,(H,18,22)(H,19,23). The Bertz CT molecular complexity index is 557. The van der Waals surface area contributed by atoms with Gasteiger partial charge in [0.25, 0.3) is 0 Å².